The van der Waals surface area contributed by atoms with Gasteiger partial charge in [-0.2, -0.15) is 0 Å². The minimum absolute atomic E-state index is 0.0390. The maximum Gasteiger partial charge on any atom is 0.419 e. The fourth-order valence-corrected chi connectivity index (χ4v) is 9.14. The number of carbonyl (C=O) groups excluding carboxylic acids is 2. The van der Waals surface area contributed by atoms with Crippen LogP contribution in [0.25, 0.3) is 21.9 Å². The Morgan fingerprint density at radius 1 is 1.06 bits per heavy atom. The first-order valence-electron chi connectivity index (χ1n) is 17.7. The van der Waals surface area contributed by atoms with E-state index in [4.69, 9.17) is 30.5 Å². The first kappa shape index (κ1) is 35.8. The number of halogens is 3. The van der Waals surface area contributed by atoms with E-state index in [0.29, 0.717) is 41.3 Å². The first-order chi connectivity index (χ1) is 24.2. The van der Waals surface area contributed by atoms with E-state index in [9.17, 15) is 14.0 Å². The molecule has 3 aliphatic carbocycles. The van der Waals surface area contributed by atoms with Crippen LogP contribution < -0.4 is 0 Å². The monoisotopic (exact) mass is 799 g/mol. The molecule has 3 saturated carbocycles. The zero-order valence-corrected chi connectivity index (χ0v) is 33.0. The third-order valence-electron chi connectivity index (χ3n) is 10.7. The van der Waals surface area contributed by atoms with Crippen molar-refractivity contribution in [2.24, 2.45) is 5.41 Å². The number of benzene rings is 1. The van der Waals surface area contributed by atoms with E-state index in [1.807, 2.05) is 59.0 Å². The molecule has 11 nitrogen and oxygen atoms in total. The summed E-state index contributed by atoms with van der Waals surface area (Å²) in [6.45, 7) is 14.9. The normalized spacial score (nSPS) is 28.9. The van der Waals surface area contributed by atoms with Gasteiger partial charge in [-0.25, -0.2) is 28.5 Å². The van der Waals surface area contributed by atoms with E-state index in [1.54, 1.807) is 20.8 Å². The number of alkyl halides is 1. The van der Waals surface area contributed by atoms with E-state index in [2.05, 4.69) is 36.5 Å². The summed E-state index contributed by atoms with van der Waals surface area (Å²) in [7, 11) is 0. The molecular formula is C38H44BrClFN5O6. The summed E-state index contributed by atoms with van der Waals surface area (Å²) in [6.07, 6.45) is 3.23. The van der Waals surface area contributed by atoms with Crippen LogP contribution in [-0.2, 0) is 25.5 Å². The van der Waals surface area contributed by atoms with Gasteiger partial charge in [0.25, 0.3) is 0 Å². The molecule has 0 bridgehead atoms. The number of hydrogen-bond acceptors (Lipinski definition) is 8. The maximum absolute atomic E-state index is 14.9. The number of aromatic nitrogens is 4. The van der Waals surface area contributed by atoms with Crippen LogP contribution in [0.5, 0.6) is 0 Å². The van der Waals surface area contributed by atoms with Crippen molar-refractivity contribution >= 4 is 61.7 Å². The van der Waals surface area contributed by atoms with Gasteiger partial charge in [-0.15, -0.1) is 0 Å². The third kappa shape index (κ3) is 6.18. The highest BCUT2D eigenvalue weighted by Gasteiger charge is 2.85. The highest BCUT2D eigenvalue weighted by Crippen LogP contribution is 2.81. The Morgan fingerprint density at radius 3 is 2.38 bits per heavy atom. The average molecular weight is 801 g/mol. The smallest absolute Gasteiger partial charge is 0.419 e. The van der Waals surface area contributed by atoms with Crippen molar-refractivity contribution in [3.8, 4) is 0 Å². The molecular weight excluding hydrogens is 757 g/mol. The number of hydrogen-bond donors (Lipinski definition) is 0. The van der Waals surface area contributed by atoms with Gasteiger partial charge in [0.05, 0.1) is 29.6 Å². The van der Waals surface area contributed by atoms with E-state index in [-0.39, 0.29) is 37.3 Å². The Bertz CT molecular complexity index is 2130. The van der Waals surface area contributed by atoms with Gasteiger partial charge in [0.15, 0.2) is 5.79 Å². The molecule has 0 unspecified atom stereocenters. The molecule has 4 aromatic rings. The van der Waals surface area contributed by atoms with Crippen LogP contribution in [0, 0.1) is 5.41 Å². The molecule has 3 aromatic heterocycles. The molecule has 4 fully saturated rings. The van der Waals surface area contributed by atoms with Crippen LogP contribution in [0.4, 0.5) is 14.0 Å². The number of nitrogens with zero attached hydrogens (tertiary/aromatic N) is 5. The predicted molar refractivity (Wildman–Crippen MR) is 196 cm³/mol. The van der Waals surface area contributed by atoms with Crippen LogP contribution in [0.3, 0.4) is 0 Å². The number of ether oxygens (including phenoxy) is 4. The van der Waals surface area contributed by atoms with E-state index < -0.39 is 40.3 Å². The standard InChI is InChI=1S/C38H44BrClFN5O6/c1-34(2,3)51-32(47)44(18-37-16-38(37,41)17-37)14-22-11-21-10-9-20(12-25(21)46(22)33(48)52-35(4,5)6)23-13-26(29-28(23)49-36(7,8)50-29)45-15-24(39)27-30(40)42-19-43-31(27)45/h9-12,15,19,23,26,28-29H,13-14,16-18H2,1-8H3/t23-,26-,28-,29+,37?,38?/m1/s1. The van der Waals surface area contributed by atoms with Gasteiger partial charge in [0.2, 0.25) is 0 Å². The number of fused-ring (bicyclic) bond motifs is 4. The van der Waals surface area contributed by atoms with Gasteiger partial charge in [-0.3, -0.25) is 0 Å². The summed E-state index contributed by atoms with van der Waals surface area (Å²) in [5.74, 6) is -0.933. The maximum atomic E-state index is 14.9. The molecule has 4 atom stereocenters. The van der Waals surface area contributed by atoms with E-state index >= 15 is 0 Å². The number of amides is 1. The van der Waals surface area contributed by atoms with Gasteiger partial charge in [0, 0.05) is 39.6 Å². The van der Waals surface area contributed by atoms with E-state index in [1.165, 1.54) is 15.8 Å². The minimum Gasteiger partial charge on any atom is -0.444 e. The summed E-state index contributed by atoms with van der Waals surface area (Å²) < 4.78 is 44.1. The van der Waals surface area contributed by atoms with Crippen molar-refractivity contribution in [3.05, 3.63) is 57.7 Å². The van der Waals surface area contributed by atoms with Crippen molar-refractivity contribution in [2.45, 2.75) is 128 Å². The van der Waals surface area contributed by atoms with E-state index in [0.717, 1.165) is 20.8 Å². The van der Waals surface area contributed by atoms with Crippen LogP contribution in [0.2, 0.25) is 5.15 Å². The SMILES string of the molecule is CC(C)(C)OC(=O)N(Cc1cc2ccc([C@H]3C[C@@H](n4cc(Br)c5c(Cl)ncnc54)[C@@H]4OC(C)(C)O[C@@H]43)cc2n1C(=O)OC(C)(C)C)CC12CC1(F)C2. The second kappa shape index (κ2) is 11.6. The lowest BCUT2D eigenvalue weighted by Gasteiger charge is -2.28. The third-order valence-corrected chi connectivity index (χ3v) is 11.5. The molecule has 8 rings (SSSR count). The molecule has 14 heteroatoms. The highest BCUT2D eigenvalue weighted by molar-refractivity contribution is 9.10. The van der Waals surface area contributed by atoms with Gasteiger partial charge in [-0.1, -0.05) is 23.7 Å². The molecule has 1 saturated heterocycles. The zero-order valence-electron chi connectivity index (χ0n) is 30.6. The lowest BCUT2D eigenvalue weighted by Crippen LogP contribution is -2.39. The van der Waals surface area contributed by atoms with Crippen molar-refractivity contribution in [1.82, 2.24) is 24.0 Å². The molecule has 4 heterocycles. The lowest BCUT2D eigenvalue weighted by molar-refractivity contribution is -0.157. The quantitative estimate of drug-likeness (QED) is 0.178. The summed E-state index contributed by atoms with van der Waals surface area (Å²) in [6, 6.07) is 7.80. The molecule has 4 aliphatic rings. The molecule has 0 N–H and O–H groups in total. The highest BCUT2D eigenvalue weighted by atomic mass is 79.9. The number of rotatable bonds is 6. The van der Waals surface area contributed by atoms with Crippen LogP contribution in [0.15, 0.2) is 41.3 Å². The fraction of sp³-hybridized carbons (Fsp3) is 0.579. The van der Waals surface area contributed by atoms with Crippen molar-refractivity contribution in [2.75, 3.05) is 6.54 Å². The Balaban J connectivity index is 1.19. The molecule has 1 aromatic carbocycles. The second-order valence-corrected chi connectivity index (χ2v) is 18.6. The summed E-state index contributed by atoms with van der Waals surface area (Å²) in [5, 5.41) is 1.89. The van der Waals surface area contributed by atoms with Crippen molar-refractivity contribution in [3.63, 3.8) is 0 Å². The van der Waals surface area contributed by atoms with Crippen LogP contribution in [0.1, 0.15) is 97.9 Å². The minimum atomic E-state index is -1.21. The number of carbonyl (C=O) groups is 2. The van der Waals surface area contributed by atoms with Gasteiger partial charge >= 0.3 is 12.2 Å². The van der Waals surface area contributed by atoms with Gasteiger partial charge < -0.3 is 28.4 Å². The summed E-state index contributed by atoms with van der Waals surface area (Å²) in [5.41, 5.74) is -0.448. The topological polar surface area (TPSA) is 110 Å². The summed E-state index contributed by atoms with van der Waals surface area (Å²) in [4.78, 5) is 37.9. The largest absolute Gasteiger partial charge is 0.444 e. The van der Waals surface area contributed by atoms with Crippen molar-refractivity contribution in [1.29, 1.82) is 0 Å². The molecule has 1 amide bonds. The lowest BCUT2D eigenvalue weighted by atomic mass is 9.94. The molecule has 0 radical (unpaired) electrons. The van der Waals surface area contributed by atoms with Crippen LogP contribution >= 0.6 is 27.5 Å². The van der Waals surface area contributed by atoms with Gasteiger partial charge in [0.1, 0.15) is 40.1 Å². The fourth-order valence-electron chi connectivity index (χ4n) is 8.21. The molecule has 278 valence electrons. The molecule has 1 aliphatic heterocycles. The van der Waals surface area contributed by atoms with Gasteiger partial charge in [-0.05, 0) is 108 Å². The average Bonchev–Trinajstić information content (AvgIpc) is 3.36. The first-order valence-corrected chi connectivity index (χ1v) is 18.9. The molecule has 52 heavy (non-hydrogen) atoms. The van der Waals surface area contributed by atoms with Crippen LogP contribution in [-0.4, -0.2) is 77.6 Å². The Labute approximate surface area is 315 Å². The Kier molecular flexibility index (Phi) is 7.99. The zero-order chi connectivity index (χ0) is 37.3. The predicted octanol–water partition coefficient (Wildman–Crippen LogP) is 9.07. The van der Waals surface area contributed by atoms with Crippen molar-refractivity contribution < 1.29 is 32.9 Å². The Hall–Kier alpha value is -3.26. The second-order valence-electron chi connectivity index (χ2n) is 17.4. The Morgan fingerprint density at radius 2 is 1.73 bits per heavy atom. The summed E-state index contributed by atoms with van der Waals surface area (Å²) >= 11 is 10.1. The molecule has 0 spiro atoms.